The maximum atomic E-state index is 11.7. The number of pyridine rings is 1. The molecule has 0 spiro atoms. The van der Waals surface area contributed by atoms with Gasteiger partial charge >= 0.3 is 5.97 Å². The van der Waals surface area contributed by atoms with Gasteiger partial charge in [-0.3, -0.25) is 9.78 Å². The summed E-state index contributed by atoms with van der Waals surface area (Å²) in [6.45, 7) is 5.92. The predicted molar refractivity (Wildman–Crippen MR) is 79.1 cm³/mol. The molecule has 1 rings (SSSR count). The minimum absolute atomic E-state index is 0.455. The molecule has 0 aliphatic rings. The van der Waals surface area contributed by atoms with Crippen LogP contribution >= 0.6 is 0 Å². The molecule has 1 heterocycles. The van der Waals surface area contributed by atoms with E-state index in [0.717, 1.165) is 30.0 Å². The van der Waals surface area contributed by atoms with Crippen molar-refractivity contribution in [1.29, 1.82) is 0 Å². The Kier molecular flexibility index (Phi) is 5.99. The summed E-state index contributed by atoms with van der Waals surface area (Å²) in [4.78, 5) is 16.2. The van der Waals surface area contributed by atoms with Crippen molar-refractivity contribution in [2.75, 3.05) is 7.11 Å². The van der Waals surface area contributed by atoms with Crippen LogP contribution in [0.3, 0.4) is 0 Å². The van der Waals surface area contributed by atoms with Crippen LogP contribution in [0.5, 0.6) is 5.75 Å². The van der Waals surface area contributed by atoms with Crippen molar-refractivity contribution < 1.29 is 14.6 Å². The van der Waals surface area contributed by atoms with Gasteiger partial charge in [0.15, 0.2) is 0 Å². The molecular formula is C16H25NO3. The number of aromatic nitrogens is 1. The maximum Gasteiger partial charge on any atom is 0.310 e. The number of methoxy groups -OCH3 is 1. The van der Waals surface area contributed by atoms with Crippen molar-refractivity contribution in [2.24, 2.45) is 5.41 Å². The molecule has 20 heavy (non-hydrogen) atoms. The molecule has 0 saturated heterocycles. The Balaban J connectivity index is 3.05. The quantitative estimate of drug-likeness (QED) is 0.789. The van der Waals surface area contributed by atoms with Gasteiger partial charge < -0.3 is 9.84 Å². The second kappa shape index (κ2) is 7.27. The van der Waals surface area contributed by atoms with Gasteiger partial charge in [0.2, 0.25) is 0 Å². The summed E-state index contributed by atoms with van der Waals surface area (Å²) >= 11 is 0. The maximum absolute atomic E-state index is 11.7. The third-order valence-corrected chi connectivity index (χ3v) is 3.87. The molecule has 4 nitrogen and oxygen atoms in total. The van der Waals surface area contributed by atoms with Gasteiger partial charge in [-0.1, -0.05) is 26.7 Å². The lowest BCUT2D eigenvalue weighted by molar-refractivity contribution is -0.149. The Labute approximate surface area is 121 Å². The van der Waals surface area contributed by atoms with Crippen LogP contribution < -0.4 is 4.74 Å². The standard InChI is InChI=1S/C16H25NO3/c1-5-7-8-16(6-2,15(18)19)11-13-10-14(20-4)9-12(3)17-13/h9-10H,5-8,11H2,1-4H3,(H,18,19). The van der Waals surface area contributed by atoms with Crippen LogP contribution in [-0.4, -0.2) is 23.2 Å². The van der Waals surface area contributed by atoms with Crippen LogP contribution in [0.4, 0.5) is 0 Å². The fourth-order valence-electron chi connectivity index (χ4n) is 2.50. The summed E-state index contributed by atoms with van der Waals surface area (Å²) in [5, 5.41) is 9.65. The van der Waals surface area contributed by atoms with E-state index in [4.69, 9.17) is 4.74 Å². The van der Waals surface area contributed by atoms with Crippen LogP contribution in [0.25, 0.3) is 0 Å². The molecule has 0 saturated carbocycles. The van der Waals surface area contributed by atoms with Crippen LogP contribution in [0.1, 0.15) is 50.9 Å². The fraction of sp³-hybridized carbons (Fsp3) is 0.625. The monoisotopic (exact) mass is 279 g/mol. The Morgan fingerprint density at radius 3 is 2.60 bits per heavy atom. The average molecular weight is 279 g/mol. The normalized spacial score (nSPS) is 13.8. The van der Waals surface area contributed by atoms with Gasteiger partial charge in [0.1, 0.15) is 5.75 Å². The summed E-state index contributed by atoms with van der Waals surface area (Å²) in [6, 6.07) is 3.69. The molecule has 0 bridgehead atoms. The van der Waals surface area contributed by atoms with E-state index in [0.29, 0.717) is 19.3 Å². The molecule has 0 aliphatic heterocycles. The van der Waals surface area contributed by atoms with Gasteiger partial charge in [-0.05, 0) is 19.8 Å². The van der Waals surface area contributed by atoms with Crippen LogP contribution in [-0.2, 0) is 11.2 Å². The number of aliphatic carboxylic acids is 1. The third-order valence-electron chi connectivity index (χ3n) is 3.87. The average Bonchev–Trinajstić information content (AvgIpc) is 2.42. The van der Waals surface area contributed by atoms with E-state index in [1.807, 2.05) is 26.0 Å². The molecule has 0 aliphatic carbocycles. The first kappa shape index (κ1) is 16.5. The number of nitrogens with zero attached hydrogens (tertiary/aromatic N) is 1. The lowest BCUT2D eigenvalue weighted by Crippen LogP contribution is -2.33. The zero-order valence-electron chi connectivity index (χ0n) is 12.9. The van der Waals surface area contributed by atoms with E-state index >= 15 is 0 Å². The molecule has 1 aromatic heterocycles. The van der Waals surface area contributed by atoms with E-state index in [2.05, 4.69) is 11.9 Å². The minimum atomic E-state index is -0.726. The first-order valence-corrected chi connectivity index (χ1v) is 7.22. The van der Waals surface area contributed by atoms with Crippen molar-refractivity contribution >= 4 is 5.97 Å². The van der Waals surface area contributed by atoms with Crippen LogP contribution in [0.2, 0.25) is 0 Å². The van der Waals surface area contributed by atoms with Gasteiger partial charge in [0.05, 0.1) is 12.5 Å². The number of ether oxygens (including phenoxy) is 1. The smallest absolute Gasteiger partial charge is 0.310 e. The van der Waals surface area contributed by atoms with Crippen molar-refractivity contribution in [3.63, 3.8) is 0 Å². The number of carboxylic acids is 1. The highest BCUT2D eigenvalue weighted by atomic mass is 16.5. The Bertz CT molecular complexity index is 459. The molecule has 0 aromatic carbocycles. The van der Waals surface area contributed by atoms with Gasteiger partial charge in [-0.25, -0.2) is 0 Å². The Hall–Kier alpha value is -1.58. The number of carbonyl (C=O) groups is 1. The molecular weight excluding hydrogens is 254 g/mol. The molecule has 1 atom stereocenters. The molecule has 0 fully saturated rings. The van der Waals surface area contributed by atoms with Crippen molar-refractivity contribution in [3.05, 3.63) is 23.5 Å². The van der Waals surface area contributed by atoms with E-state index in [-0.39, 0.29) is 0 Å². The second-order valence-corrected chi connectivity index (χ2v) is 5.36. The summed E-state index contributed by atoms with van der Waals surface area (Å²) < 4.78 is 5.24. The molecule has 0 radical (unpaired) electrons. The highest BCUT2D eigenvalue weighted by Gasteiger charge is 2.36. The lowest BCUT2D eigenvalue weighted by atomic mass is 9.76. The Morgan fingerprint density at radius 1 is 1.40 bits per heavy atom. The zero-order valence-corrected chi connectivity index (χ0v) is 12.9. The molecule has 1 aromatic rings. The SMILES string of the molecule is CCCCC(CC)(Cc1cc(OC)cc(C)n1)C(=O)O. The lowest BCUT2D eigenvalue weighted by Gasteiger charge is -2.28. The zero-order chi connectivity index (χ0) is 15.2. The number of carboxylic acid groups (broad SMARTS) is 1. The van der Waals surface area contributed by atoms with Gasteiger partial charge in [-0.2, -0.15) is 0 Å². The summed E-state index contributed by atoms with van der Waals surface area (Å²) in [5.74, 6) is 0.00843. The summed E-state index contributed by atoms with van der Waals surface area (Å²) in [7, 11) is 1.61. The highest BCUT2D eigenvalue weighted by Crippen LogP contribution is 2.34. The van der Waals surface area contributed by atoms with Crippen molar-refractivity contribution in [2.45, 2.75) is 52.9 Å². The summed E-state index contributed by atoms with van der Waals surface area (Å²) in [5.41, 5.74) is 0.925. The van der Waals surface area contributed by atoms with E-state index < -0.39 is 11.4 Å². The predicted octanol–water partition coefficient (Wildman–Crippen LogP) is 3.61. The minimum Gasteiger partial charge on any atom is -0.497 e. The first-order valence-electron chi connectivity index (χ1n) is 7.22. The van der Waals surface area contributed by atoms with Gasteiger partial charge in [0.25, 0.3) is 0 Å². The Morgan fingerprint density at radius 2 is 2.10 bits per heavy atom. The van der Waals surface area contributed by atoms with Gasteiger partial charge in [-0.15, -0.1) is 0 Å². The number of unbranched alkanes of at least 4 members (excludes halogenated alkanes) is 1. The number of rotatable bonds is 8. The summed E-state index contributed by atoms with van der Waals surface area (Å²) in [6.07, 6.45) is 3.67. The van der Waals surface area contributed by atoms with Gasteiger partial charge in [0, 0.05) is 29.9 Å². The van der Waals surface area contributed by atoms with Crippen molar-refractivity contribution in [1.82, 2.24) is 4.98 Å². The molecule has 1 unspecified atom stereocenters. The highest BCUT2D eigenvalue weighted by molar-refractivity contribution is 5.75. The van der Waals surface area contributed by atoms with Crippen LogP contribution in [0.15, 0.2) is 12.1 Å². The van der Waals surface area contributed by atoms with E-state index in [1.165, 1.54) is 0 Å². The third kappa shape index (κ3) is 3.95. The first-order chi connectivity index (χ1) is 9.47. The number of aryl methyl sites for hydroxylation is 1. The van der Waals surface area contributed by atoms with E-state index in [9.17, 15) is 9.90 Å². The molecule has 112 valence electrons. The van der Waals surface area contributed by atoms with Crippen LogP contribution in [0, 0.1) is 12.3 Å². The molecule has 1 N–H and O–H groups in total. The largest absolute Gasteiger partial charge is 0.497 e. The number of hydrogen-bond acceptors (Lipinski definition) is 3. The molecule has 4 heteroatoms. The number of hydrogen-bond donors (Lipinski definition) is 1. The second-order valence-electron chi connectivity index (χ2n) is 5.36. The topological polar surface area (TPSA) is 59.4 Å². The van der Waals surface area contributed by atoms with E-state index in [1.54, 1.807) is 7.11 Å². The fourth-order valence-corrected chi connectivity index (χ4v) is 2.50. The molecule has 0 amide bonds. The van der Waals surface area contributed by atoms with Crippen molar-refractivity contribution in [3.8, 4) is 5.75 Å².